The molecule has 3 aromatic rings. The third-order valence-electron chi connectivity index (χ3n) is 4.64. The lowest BCUT2D eigenvalue weighted by molar-refractivity contribution is -0.114. The fraction of sp³-hybridized carbons (Fsp3) is 0.120. The molecule has 0 fully saturated rings. The molecule has 0 saturated heterocycles. The van der Waals surface area contributed by atoms with E-state index in [1.165, 1.54) is 19.1 Å². The SMILES string of the molecule is CC(=O)Nc1cccc(NC(=O)/C(=C/c2ccc(OC(F)F)cc2)c2ccccc2)c1C. The number of alkyl halides is 2. The highest BCUT2D eigenvalue weighted by molar-refractivity contribution is 6.29. The van der Waals surface area contributed by atoms with Crippen molar-refractivity contribution < 1.29 is 23.1 Å². The van der Waals surface area contributed by atoms with Gasteiger partial charge in [0.2, 0.25) is 5.91 Å². The van der Waals surface area contributed by atoms with E-state index in [1.807, 2.05) is 18.2 Å². The van der Waals surface area contributed by atoms with Crippen LogP contribution in [0.1, 0.15) is 23.6 Å². The molecule has 2 N–H and O–H groups in total. The predicted octanol–water partition coefficient (Wildman–Crippen LogP) is 5.73. The van der Waals surface area contributed by atoms with Crippen molar-refractivity contribution in [1.29, 1.82) is 0 Å². The van der Waals surface area contributed by atoms with Crippen molar-refractivity contribution in [3.05, 3.63) is 89.5 Å². The molecule has 0 heterocycles. The van der Waals surface area contributed by atoms with E-state index >= 15 is 0 Å². The van der Waals surface area contributed by atoms with Crippen molar-refractivity contribution in [2.24, 2.45) is 0 Å². The van der Waals surface area contributed by atoms with E-state index in [1.54, 1.807) is 55.5 Å². The Hall–Kier alpha value is -4.00. The van der Waals surface area contributed by atoms with Gasteiger partial charge in [-0.25, -0.2) is 0 Å². The zero-order valence-electron chi connectivity index (χ0n) is 17.6. The second-order valence-electron chi connectivity index (χ2n) is 6.99. The summed E-state index contributed by atoms with van der Waals surface area (Å²) < 4.78 is 29.1. The number of nitrogens with one attached hydrogen (secondary N) is 2. The van der Waals surface area contributed by atoms with Gasteiger partial charge >= 0.3 is 6.61 Å². The maximum atomic E-state index is 13.2. The van der Waals surface area contributed by atoms with Crippen LogP contribution >= 0.6 is 0 Å². The highest BCUT2D eigenvalue weighted by atomic mass is 19.3. The number of amides is 2. The van der Waals surface area contributed by atoms with Crippen molar-refractivity contribution in [3.63, 3.8) is 0 Å². The second-order valence-corrected chi connectivity index (χ2v) is 6.99. The predicted molar refractivity (Wildman–Crippen MR) is 121 cm³/mol. The largest absolute Gasteiger partial charge is 0.435 e. The molecule has 0 radical (unpaired) electrons. The fourth-order valence-electron chi connectivity index (χ4n) is 3.10. The molecule has 7 heteroatoms. The molecule has 0 aliphatic heterocycles. The van der Waals surface area contributed by atoms with Crippen LogP contribution in [0.4, 0.5) is 20.2 Å². The Balaban J connectivity index is 1.92. The summed E-state index contributed by atoms with van der Waals surface area (Å²) >= 11 is 0. The third kappa shape index (κ3) is 6.01. The van der Waals surface area contributed by atoms with E-state index in [4.69, 9.17) is 0 Å². The number of rotatable bonds is 7. The van der Waals surface area contributed by atoms with Gasteiger partial charge in [-0.2, -0.15) is 8.78 Å². The lowest BCUT2D eigenvalue weighted by Gasteiger charge is -2.14. The summed E-state index contributed by atoms with van der Waals surface area (Å²) in [5, 5.41) is 5.63. The molecule has 0 aromatic heterocycles. The second kappa shape index (κ2) is 10.3. The number of halogens is 2. The molecule has 0 aliphatic carbocycles. The fourth-order valence-corrected chi connectivity index (χ4v) is 3.10. The topological polar surface area (TPSA) is 67.4 Å². The summed E-state index contributed by atoms with van der Waals surface area (Å²) in [6.45, 7) is 0.311. The van der Waals surface area contributed by atoms with Crippen LogP contribution in [-0.4, -0.2) is 18.4 Å². The van der Waals surface area contributed by atoms with Gasteiger partial charge in [0.15, 0.2) is 0 Å². The number of carbonyl (C=O) groups is 2. The molecular weight excluding hydrogens is 414 g/mol. The average molecular weight is 436 g/mol. The molecule has 3 rings (SSSR count). The Labute approximate surface area is 184 Å². The Morgan fingerprint density at radius 1 is 0.875 bits per heavy atom. The summed E-state index contributed by atoms with van der Waals surface area (Å²) in [5.74, 6) is -0.527. The molecule has 164 valence electrons. The van der Waals surface area contributed by atoms with Gasteiger partial charge in [0.05, 0.1) is 0 Å². The Morgan fingerprint density at radius 2 is 1.50 bits per heavy atom. The summed E-state index contributed by atoms with van der Waals surface area (Å²) in [7, 11) is 0. The quantitative estimate of drug-likeness (QED) is 0.367. The van der Waals surface area contributed by atoms with Crippen LogP contribution in [0.5, 0.6) is 5.75 Å². The minimum Gasteiger partial charge on any atom is -0.435 e. The first-order valence-corrected chi connectivity index (χ1v) is 9.84. The zero-order chi connectivity index (χ0) is 23.1. The number of carbonyl (C=O) groups excluding carboxylic acids is 2. The Bertz CT molecular complexity index is 1130. The van der Waals surface area contributed by atoms with Crippen LogP contribution < -0.4 is 15.4 Å². The number of ether oxygens (including phenoxy) is 1. The molecule has 0 bridgehead atoms. The highest BCUT2D eigenvalue weighted by Gasteiger charge is 2.15. The lowest BCUT2D eigenvalue weighted by atomic mass is 10.0. The summed E-state index contributed by atoms with van der Waals surface area (Å²) in [4.78, 5) is 24.6. The number of hydrogen-bond donors (Lipinski definition) is 2. The zero-order valence-corrected chi connectivity index (χ0v) is 17.6. The maximum Gasteiger partial charge on any atom is 0.387 e. The van der Waals surface area contributed by atoms with Crippen molar-refractivity contribution in [2.45, 2.75) is 20.5 Å². The van der Waals surface area contributed by atoms with Crippen LogP contribution in [0.25, 0.3) is 11.6 Å². The van der Waals surface area contributed by atoms with Crippen LogP contribution in [-0.2, 0) is 9.59 Å². The monoisotopic (exact) mass is 436 g/mol. The van der Waals surface area contributed by atoms with Crippen LogP contribution in [0.15, 0.2) is 72.8 Å². The number of benzene rings is 3. The average Bonchev–Trinajstić information content (AvgIpc) is 2.76. The molecule has 5 nitrogen and oxygen atoms in total. The molecule has 0 saturated carbocycles. The van der Waals surface area contributed by atoms with E-state index in [-0.39, 0.29) is 17.6 Å². The molecular formula is C25H22F2N2O3. The Kier molecular flexibility index (Phi) is 7.33. The first-order valence-electron chi connectivity index (χ1n) is 9.84. The van der Waals surface area contributed by atoms with Gasteiger partial charge in [-0.3, -0.25) is 9.59 Å². The maximum absolute atomic E-state index is 13.2. The van der Waals surface area contributed by atoms with E-state index in [9.17, 15) is 18.4 Å². The standard InChI is InChI=1S/C25H22F2N2O3/c1-16-22(28-17(2)30)9-6-10-23(16)29-24(31)21(19-7-4-3-5-8-19)15-18-11-13-20(14-12-18)32-25(26)27/h3-15,25H,1-2H3,(H,28,30)(H,29,31)/b21-15+. The first kappa shape index (κ1) is 22.7. The summed E-state index contributed by atoms with van der Waals surface area (Å²) in [6, 6.07) is 20.4. The lowest BCUT2D eigenvalue weighted by Crippen LogP contribution is -2.15. The van der Waals surface area contributed by atoms with Crippen LogP contribution in [0.3, 0.4) is 0 Å². The first-order chi connectivity index (χ1) is 15.3. The van der Waals surface area contributed by atoms with Crippen molar-refractivity contribution in [3.8, 4) is 5.75 Å². The van der Waals surface area contributed by atoms with Gasteiger partial charge < -0.3 is 15.4 Å². The van der Waals surface area contributed by atoms with E-state index in [0.717, 1.165) is 5.56 Å². The van der Waals surface area contributed by atoms with Gasteiger partial charge in [-0.1, -0.05) is 48.5 Å². The summed E-state index contributed by atoms with van der Waals surface area (Å²) in [6.07, 6.45) is 1.67. The van der Waals surface area contributed by atoms with E-state index in [0.29, 0.717) is 28.1 Å². The highest BCUT2D eigenvalue weighted by Crippen LogP contribution is 2.26. The van der Waals surface area contributed by atoms with Crippen molar-refractivity contribution >= 4 is 34.8 Å². The van der Waals surface area contributed by atoms with Gasteiger partial charge in [0, 0.05) is 23.9 Å². The molecule has 0 aliphatic rings. The summed E-state index contributed by atoms with van der Waals surface area (Å²) in [5.41, 5.74) is 3.60. The molecule has 0 unspecified atom stereocenters. The Morgan fingerprint density at radius 3 is 2.09 bits per heavy atom. The molecule has 0 atom stereocenters. The molecule has 32 heavy (non-hydrogen) atoms. The number of anilines is 2. The van der Waals surface area contributed by atoms with Gasteiger partial charge in [0.25, 0.3) is 5.91 Å². The van der Waals surface area contributed by atoms with E-state index in [2.05, 4.69) is 15.4 Å². The van der Waals surface area contributed by atoms with E-state index < -0.39 is 6.61 Å². The third-order valence-corrected chi connectivity index (χ3v) is 4.64. The van der Waals surface area contributed by atoms with Crippen molar-refractivity contribution in [1.82, 2.24) is 0 Å². The smallest absolute Gasteiger partial charge is 0.387 e. The minimum atomic E-state index is -2.90. The van der Waals surface area contributed by atoms with Crippen LogP contribution in [0, 0.1) is 6.92 Å². The normalized spacial score (nSPS) is 11.2. The molecule has 2 amide bonds. The molecule has 0 spiro atoms. The van der Waals surface area contributed by atoms with Crippen molar-refractivity contribution in [2.75, 3.05) is 10.6 Å². The molecule has 3 aromatic carbocycles. The van der Waals surface area contributed by atoms with Gasteiger partial charge in [0.1, 0.15) is 5.75 Å². The number of hydrogen-bond acceptors (Lipinski definition) is 3. The van der Waals surface area contributed by atoms with Crippen LogP contribution in [0.2, 0.25) is 0 Å². The minimum absolute atomic E-state index is 0.0354. The van der Waals surface area contributed by atoms with Gasteiger partial charge in [-0.15, -0.1) is 0 Å². The van der Waals surface area contributed by atoms with Gasteiger partial charge in [-0.05, 0) is 54.0 Å².